The van der Waals surface area contributed by atoms with E-state index in [1.807, 2.05) is 0 Å². The van der Waals surface area contributed by atoms with Crippen LogP contribution >= 0.6 is 0 Å². The number of ether oxygens (including phenoxy) is 2. The molecule has 0 spiro atoms. The average Bonchev–Trinajstić information content (AvgIpc) is 3.02. The Bertz CT molecular complexity index is 851. The number of fused-ring (bicyclic) bond motifs is 1. The maximum absolute atomic E-state index is 11.0. The molecular weight excluding hydrogens is 320 g/mol. The maximum atomic E-state index is 11.0. The number of anilines is 1. The van der Waals surface area contributed by atoms with Gasteiger partial charge in [-0.3, -0.25) is 25.7 Å². The molecule has 1 aliphatic rings. The van der Waals surface area contributed by atoms with Crippen LogP contribution in [0.3, 0.4) is 0 Å². The van der Waals surface area contributed by atoms with Crippen LogP contribution in [0.25, 0.3) is 0 Å². The molecule has 1 heterocycles. The Labute approximate surface area is 134 Å². The number of nitrogens with zero attached hydrogens (tertiary/aromatic N) is 3. The highest BCUT2D eigenvalue weighted by Gasteiger charge is 2.19. The minimum atomic E-state index is -0.717. The molecule has 0 aliphatic carbocycles. The van der Waals surface area contributed by atoms with Gasteiger partial charge in [0.1, 0.15) is 5.69 Å². The molecule has 0 unspecified atom stereocenters. The van der Waals surface area contributed by atoms with Gasteiger partial charge in [0.25, 0.3) is 5.69 Å². The lowest BCUT2D eigenvalue weighted by Crippen LogP contribution is -1.98. The van der Waals surface area contributed by atoms with Crippen LogP contribution in [0, 0.1) is 20.2 Å². The molecule has 122 valence electrons. The summed E-state index contributed by atoms with van der Waals surface area (Å²) in [6.45, 7) is 0.156. The van der Waals surface area contributed by atoms with E-state index < -0.39 is 15.5 Å². The molecule has 0 aromatic heterocycles. The van der Waals surface area contributed by atoms with Crippen molar-refractivity contribution in [3.8, 4) is 11.5 Å². The fraction of sp³-hybridized carbons (Fsp3) is 0.0714. The molecule has 0 bridgehead atoms. The van der Waals surface area contributed by atoms with Crippen LogP contribution in [0.2, 0.25) is 0 Å². The largest absolute Gasteiger partial charge is 0.454 e. The molecule has 0 radical (unpaired) electrons. The van der Waals surface area contributed by atoms with Crippen LogP contribution in [0.5, 0.6) is 11.5 Å². The highest BCUT2D eigenvalue weighted by Crippen LogP contribution is 2.32. The van der Waals surface area contributed by atoms with Crippen LogP contribution in [0.15, 0.2) is 41.5 Å². The number of benzene rings is 2. The van der Waals surface area contributed by atoms with E-state index in [-0.39, 0.29) is 18.2 Å². The molecule has 0 amide bonds. The lowest BCUT2D eigenvalue weighted by atomic mass is 10.2. The van der Waals surface area contributed by atoms with E-state index in [1.54, 1.807) is 18.2 Å². The van der Waals surface area contributed by atoms with Crippen molar-refractivity contribution in [2.24, 2.45) is 5.10 Å². The molecule has 1 N–H and O–H groups in total. The number of rotatable bonds is 5. The molecular formula is C14H10N4O6. The van der Waals surface area contributed by atoms with Crippen LogP contribution in [-0.2, 0) is 0 Å². The lowest BCUT2D eigenvalue weighted by molar-refractivity contribution is -0.393. The predicted octanol–water partition coefficient (Wildman–Crippen LogP) is 2.68. The van der Waals surface area contributed by atoms with Crippen molar-refractivity contribution in [2.75, 3.05) is 12.2 Å². The van der Waals surface area contributed by atoms with E-state index in [2.05, 4.69) is 10.5 Å². The minimum Gasteiger partial charge on any atom is -0.454 e. The number of non-ortho nitro benzene ring substituents is 1. The first-order valence-corrected chi connectivity index (χ1v) is 6.66. The Hall–Kier alpha value is -3.69. The summed E-state index contributed by atoms with van der Waals surface area (Å²) < 4.78 is 10.4. The van der Waals surface area contributed by atoms with Crippen molar-refractivity contribution in [1.82, 2.24) is 0 Å². The number of hydrogen-bond donors (Lipinski definition) is 1. The van der Waals surface area contributed by atoms with E-state index in [9.17, 15) is 20.2 Å². The average molecular weight is 330 g/mol. The summed E-state index contributed by atoms with van der Waals surface area (Å²) in [5.74, 6) is 1.21. The summed E-state index contributed by atoms with van der Waals surface area (Å²) in [5, 5.41) is 25.6. The highest BCUT2D eigenvalue weighted by molar-refractivity contribution is 5.82. The number of nitro groups is 2. The minimum absolute atomic E-state index is 0.0441. The normalized spacial score (nSPS) is 12.3. The molecule has 24 heavy (non-hydrogen) atoms. The Morgan fingerprint density at radius 1 is 1.04 bits per heavy atom. The van der Waals surface area contributed by atoms with Gasteiger partial charge in [0.2, 0.25) is 6.79 Å². The van der Waals surface area contributed by atoms with Gasteiger partial charge >= 0.3 is 5.69 Å². The van der Waals surface area contributed by atoms with Gasteiger partial charge in [0.15, 0.2) is 11.5 Å². The third-order valence-corrected chi connectivity index (χ3v) is 3.18. The molecule has 0 saturated heterocycles. The third-order valence-electron chi connectivity index (χ3n) is 3.18. The topological polar surface area (TPSA) is 129 Å². The summed E-state index contributed by atoms with van der Waals surface area (Å²) >= 11 is 0. The Kier molecular flexibility index (Phi) is 3.93. The summed E-state index contributed by atoms with van der Waals surface area (Å²) in [6, 6.07) is 8.43. The first kappa shape index (κ1) is 15.2. The van der Waals surface area contributed by atoms with Gasteiger partial charge < -0.3 is 9.47 Å². The first-order chi connectivity index (χ1) is 11.5. The lowest BCUT2D eigenvalue weighted by Gasteiger charge is -2.02. The number of nitrogens with one attached hydrogen (secondary N) is 1. The second-order valence-electron chi connectivity index (χ2n) is 4.70. The fourth-order valence-corrected chi connectivity index (χ4v) is 2.05. The van der Waals surface area contributed by atoms with Crippen molar-refractivity contribution in [2.45, 2.75) is 0 Å². The Balaban J connectivity index is 1.78. The van der Waals surface area contributed by atoms with Gasteiger partial charge in [-0.1, -0.05) is 0 Å². The van der Waals surface area contributed by atoms with E-state index in [4.69, 9.17) is 9.47 Å². The van der Waals surface area contributed by atoms with E-state index in [1.165, 1.54) is 12.3 Å². The molecule has 2 aromatic rings. The van der Waals surface area contributed by atoms with Crippen LogP contribution in [0.4, 0.5) is 17.1 Å². The maximum Gasteiger partial charge on any atom is 0.301 e. The van der Waals surface area contributed by atoms with Gasteiger partial charge in [-0.2, -0.15) is 5.10 Å². The third kappa shape index (κ3) is 3.06. The van der Waals surface area contributed by atoms with Gasteiger partial charge in [0.05, 0.1) is 22.1 Å². The zero-order valence-electron chi connectivity index (χ0n) is 12.0. The molecule has 10 heteroatoms. The number of nitro benzene ring substituents is 2. The second kappa shape index (κ2) is 6.20. The van der Waals surface area contributed by atoms with Gasteiger partial charge in [-0.05, 0) is 29.8 Å². The SMILES string of the molecule is O=[N+]([O-])c1ccc(N/N=C\c2ccc3c(c2)OCO3)c([N+](=O)[O-])c1. The summed E-state index contributed by atoms with van der Waals surface area (Å²) in [6.07, 6.45) is 1.44. The zero-order chi connectivity index (χ0) is 17.1. The molecule has 10 nitrogen and oxygen atoms in total. The van der Waals surface area contributed by atoms with Crippen molar-refractivity contribution < 1.29 is 19.3 Å². The van der Waals surface area contributed by atoms with Gasteiger partial charge in [-0.25, -0.2) is 0 Å². The number of hydrogen-bond acceptors (Lipinski definition) is 8. The predicted molar refractivity (Wildman–Crippen MR) is 83.5 cm³/mol. The van der Waals surface area contributed by atoms with Crippen LogP contribution in [-0.4, -0.2) is 22.9 Å². The zero-order valence-corrected chi connectivity index (χ0v) is 12.0. The van der Waals surface area contributed by atoms with Gasteiger partial charge in [0, 0.05) is 6.07 Å². The van der Waals surface area contributed by atoms with E-state index >= 15 is 0 Å². The van der Waals surface area contributed by atoms with Crippen molar-refractivity contribution in [3.63, 3.8) is 0 Å². The Morgan fingerprint density at radius 3 is 2.58 bits per heavy atom. The van der Waals surface area contributed by atoms with Gasteiger partial charge in [-0.15, -0.1) is 0 Å². The van der Waals surface area contributed by atoms with Crippen molar-refractivity contribution in [3.05, 3.63) is 62.2 Å². The molecule has 3 rings (SSSR count). The van der Waals surface area contributed by atoms with E-state index in [0.29, 0.717) is 17.1 Å². The molecule has 0 saturated carbocycles. The quantitative estimate of drug-likeness (QED) is 0.506. The number of hydrazone groups is 1. The summed E-state index contributed by atoms with van der Waals surface area (Å²) in [7, 11) is 0. The van der Waals surface area contributed by atoms with Crippen molar-refractivity contribution in [1.29, 1.82) is 0 Å². The van der Waals surface area contributed by atoms with Crippen LogP contribution < -0.4 is 14.9 Å². The summed E-state index contributed by atoms with van der Waals surface area (Å²) in [5.41, 5.74) is 2.44. The molecule has 1 aliphatic heterocycles. The second-order valence-corrected chi connectivity index (χ2v) is 4.70. The monoisotopic (exact) mass is 330 g/mol. The fourth-order valence-electron chi connectivity index (χ4n) is 2.05. The van der Waals surface area contributed by atoms with Crippen molar-refractivity contribution >= 4 is 23.3 Å². The van der Waals surface area contributed by atoms with Crippen LogP contribution in [0.1, 0.15) is 5.56 Å². The Morgan fingerprint density at radius 2 is 1.83 bits per heavy atom. The first-order valence-electron chi connectivity index (χ1n) is 6.66. The van der Waals surface area contributed by atoms with E-state index in [0.717, 1.165) is 12.1 Å². The molecule has 2 aromatic carbocycles. The summed E-state index contributed by atoms with van der Waals surface area (Å²) in [4.78, 5) is 20.3. The smallest absolute Gasteiger partial charge is 0.301 e. The standard InChI is InChI=1S/C14H10N4O6/c19-17(20)10-2-3-11(12(6-10)18(21)22)16-15-7-9-1-4-13-14(5-9)24-8-23-13/h1-7,16H,8H2/b15-7-. The molecule has 0 fully saturated rings. The molecule has 0 atom stereocenters. The highest BCUT2D eigenvalue weighted by atomic mass is 16.7.